The molecule has 5 nitrogen and oxygen atoms in total. The number of carbonyl (C=O) groups is 1. The number of amides is 1. The summed E-state index contributed by atoms with van der Waals surface area (Å²) in [4.78, 5) is 23.3. The summed E-state index contributed by atoms with van der Waals surface area (Å²) in [6, 6.07) is 12.2. The van der Waals surface area contributed by atoms with Crippen LogP contribution >= 0.6 is 23.1 Å². The van der Waals surface area contributed by atoms with E-state index < -0.39 is 16.6 Å². The number of nitro benzene ring substituents is 1. The summed E-state index contributed by atoms with van der Waals surface area (Å²) in [7, 11) is 0. The molecule has 1 amide bonds. The Kier molecular flexibility index (Phi) is 4.95. The molecular weight excluding hydrogens is 370 g/mol. The Hall–Kier alpha value is -2.52. The summed E-state index contributed by atoms with van der Waals surface area (Å²) < 4.78 is 25.9. The number of benzene rings is 2. The van der Waals surface area contributed by atoms with Gasteiger partial charge in [0.25, 0.3) is 17.4 Å². The van der Waals surface area contributed by atoms with Gasteiger partial charge in [-0.15, -0.1) is 11.3 Å². The summed E-state index contributed by atoms with van der Waals surface area (Å²) in [6.07, 6.45) is 0. The highest BCUT2D eigenvalue weighted by molar-refractivity contribution is 7.99. The average Bonchev–Trinajstić information content (AvgIpc) is 2.99. The average molecular weight is 380 g/mol. The van der Waals surface area contributed by atoms with Crippen molar-refractivity contribution in [2.45, 2.75) is 10.7 Å². The fourth-order valence-corrected chi connectivity index (χ4v) is 3.74. The van der Waals surface area contributed by atoms with E-state index in [0.29, 0.717) is 27.7 Å². The van der Waals surface area contributed by atoms with Crippen molar-refractivity contribution in [3.63, 3.8) is 0 Å². The number of nitrogens with zero attached hydrogens (tertiary/aromatic N) is 1. The van der Waals surface area contributed by atoms with Gasteiger partial charge in [-0.25, -0.2) is 0 Å². The van der Waals surface area contributed by atoms with E-state index in [1.165, 1.54) is 29.5 Å². The van der Waals surface area contributed by atoms with Gasteiger partial charge in [-0.05, 0) is 24.3 Å². The van der Waals surface area contributed by atoms with Crippen molar-refractivity contribution < 1.29 is 18.5 Å². The molecule has 0 aliphatic rings. The lowest BCUT2D eigenvalue weighted by molar-refractivity contribution is -0.384. The van der Waals surface area contributed by atoms with Crippen LogP contribution in [0.4, 0.5) is 20.2 Å². The number of halogens is 2. The highest BCUT2D eigenvalue weighted by Crippen LogP contribution is 2.33. The molecule has 0 unspecified atom stereocenters. The lowest BCUT2D eigenvalue weighted by Crippen LogP contribution is -2.10. The first-order chi connectivity index (χ1) is 11.9. The van der Waals surface area contributed by atoms with Crippen LogP contribution in [0.25, 0.3) is 10.1 Å². The predicted molar refractivity (Wildman–Crippen MR) is 94.7 cm³/mol. The zero-order valence-corrected chi connectivity index (χ0v) is 14.1. The number of hydrogen-bond donors (Lipinski definition) is 1. The molecule has 128 valence electrons. The standard InChI is InChI=1S/C16H10F2N2O3S2/c17-16(18)25-13-4-2-1-3-11(13)19-15(21)14-8-9-7-10(20(22)23)5-6-12(9)24-14/h1-8,16H,(H,19,21). The van der Waals surface area contributed by atoms with Gasteiger partial charge in [-0.1, -0.05) is 23.9 Å². The van der Waals surface area contributed by atoms with E-state index in [-0.39, 0.29) is 10.6 Å². The number of anilines is 1. The largest absolute Gasteiger partial charge is 0.320 e. The van der Waals surface area contributed by atoms with Crippen LogP contribution in [-0.2, 0) is 0 Å². The molecule has 0 saturated carbocycles. The number of non-ortho nitro benzene ring substituents is 1. The molecule has 2 aromatic carbocycles. The summed E-state index contributed by atoms with van der Waals surface area (Å²) >= 11 is 1.53. The Labute approximate surface area is 148 Å². The van der Waals surface area contributed by atoms with Gasteiger partial charge in [-0.3, -0.25) is 14.9 Å². The summed E-state index contributed by atoms with van der Waals surface area (Å²) in [5.74, 6) is -3.05. The molecule has 3 rings (SSSR count). The summed E-state index contributed by atoms with van der Waals surface area (Å²) in [6.45, 7) is 0. The molecule has 0 radical (unpaired) electrons. The van der Waals surface area contributed by atoms with E-state index in [0.717, 1.165) is 4.70 Å². The van der Waals surface area contributed by atoms with Gasteiger partial charge in [0.2, 0.25) is 0 Å². The third-order valence-corrected chi connectivity index (χ3v) is 5.19. The normalized spacial score (nSPS) is 11.0. The minimum Gasteiger partial charge on any atom is -0.320 e. The lowest BCUT2D eigenvalue weighted by Gasteiger charge is -2.09. The van der Waals surface area contributed by atoms with Gasteiger partial charge in [0.1, 0.15) is 0 Å². The van der Waals surface area contributed by atoms with E-state index in [2.05, 4.69) is 5.32 Å². The fraction of sp³-hybridized carbons (Fsp3) is 0.0625. The van der Waals surface area contributed by atoms with Crippen molar-refractivity contribution in [2.75, 3.05) is 5.32 Å². The Morgan fingerprint density at radius 1 is 1.20 bits per heavy atom. The Balaban J connectivity index is 1.87. The van der Waals surface area contributed by atoms with Gasteiger partial charge in [-0.2, -0.15) is 8.78 Å². The van der Waals surface area contributed by atoms with Crippen LogP contribution in [0.15, 0.2) is 53.4 Å². The first-order valence-corrected chi connectivity index (χ1v) is 8.67. The number of alkyl halides is 2. The molecular formula is C16H10F2N2O3S2. The molecule has 0 atom stereocenters. The number of rotatable bonds is 5. The Morgan fingerprint density at radius 2 is 1.96 bits per heavy atom. The Bertz CT molecular complexity index is 959. The zero-order valence-electron chi connectivity index (χ0n) is 12.4. The van der Waals surface area contributed by atoms with Crippen molar-refractivity contribution in [3.05, 3.63) is 63.5 Å². The topological polar surface area (TPSA) is 72.2 Å². The molecule has 1 heterocycles. The van der Waals surface area contributed by atoms with Gasteiger partial charge < -0.3 is 5.32 Å². The number of nitrogens with one attached hydrogen (secondary N) is 1. The first-order valence-electron chi connectivity index (χ1n) is 6.97. The monoisotopic (exact) mass is 380 g/mol. The minimum atomic E-state index is -2.59. The maximum Gasteiger partial charge on any atom is 0.288 e. The number of hydrogen-bond acceptors (Lipinski definition) is 5. The molecule has 9 heteroatoms. The number of para-hydroxylation sites is 1. The van der Waals surface area contributed by atoms with E-state index >= 15 is 0 Å². The SMILES string of the molecule is O=C(Nc1ccccc1SC(F)F)c1cc2cc([N+](=O)[O-])ccc2s1. The maximum absolute atomic E-state index is 12.6. The number of carbonyl (C=O) groups excluding carboxylic acids is 1. The van der Waals surface area contributed by atoms with Crippen LogP contribution in [-0.4, -0.2) is 16.6 Å². The van der Waals surface area contributed by atoms with Crippen LogP contribution < -0.4 is 5.32 Å². The number of fused-ring (bicyclic) bond motifs is 1. The molecule has 25 heavy (non-hydrogen) atoms. The molecule has 0 fully saturated rings. The number of nitro groups is 1. The van der Waals surface area contributed by atoms with Gasteiger partial charge >= 0.3 is 0 Å². The van der Waals surface area contributed by atoms with Crippen LogP contribution in [0.5, 0.6) is 0 Å². The van der Waals surface area contributed by atoms with Gasteiger partial charge in [0, 0.05) is 27.1 Å². The third-order valence-electron chi connectivity index (χ3n) is 3.29. The highest BCUT2D eigenvalue weighted by Gasteiger charge is 2.16. The van der Waals surface area contributed by atoms with Crippen molar-refractivity contribution >= 4 is 50.5 Å². The number of thioether (sulfide) groups is 1. The van der Waals surface area contributed by atoms with Crippen molar-refractivity contribution in [1.82, 2.24) is 0 Å². The molecule has 1 N–H and O–H groups in total. The van der Waals surface area contributed by atoms with Gasteiger partial charge in [0.15, 0.2) is 0 Å². The molecule has 0 bridgehead atoms. The minimum absolute atomic E-state index is 0.0593. The van der Waals surface area contributed by atoms with Gasteiger partial charge in [0.05, 0.1) is 15.5 Å². The molecule has 0 saturated heterocycles. The molecule has 0 aliphatic carbocycles. The zero-order chi connectivity index (χ0) is 18.0. The molecule has 0 aliphatic heterocycles. The number of thiophene rings is 1. The maximum atomic E-state index is 12.6. The molecule has 1 aromatic heterocycles. The second-order valence-electron chi connectivity index (χ2n) is 4.92. The fourth-order valence-electron chi connectivity index (χ4n) is 2.21. The van der Waals surface area contributed by atoms with E-state index in [1.807, 2.05) is 0 Å². The van der Waals surface area contributed by atoms with Crippen molar-refractivity contribution in [3.8, 4) is 0 Å². The highest BCUT2D eigenvalue weighted by atomic mass is 32.2. The Morgan fingerprint density at radius 3 is 2.68 bits per heavy atom. The molecule has 0 spiro atoms. The summed E-state index contributed by atoms with van der Waals surface area (Å²) in [5.41, 5.74) is 0.233. The van der Waals surface area contributed by atoms with E-state index in [9.17, 15) is 23.7 Å². The van der Waals surface area contributed by atoms with Crippen LogP contribution in [0, 0.1) is 10.1 Å². The summed E-state index contributed by atoms with van der Waals surface area (Å²) in [5, 5.41) is 14.0. The predicted octanol–water partition coefficient (Wildman–Crippen LogP) is 5.38. The van der Waals surface area contributed by atoms with Crippen LogP contribution in [0.2, 0.25) is 0 Å². The van der Waals surface area contributed by atoms with Crippen molar-refractivity contribution in [2.24, 2.45) is 0 Å². The van der Waals surface area contributed by atoms with Crippen LogP contribution in [0.3, 0.4) is 0 Å². The first kappa shape index (κ1) is 17.3. The second kappa shape index (κ2) is 7.16. The van der Waals surface area contributed by atoms with Crippen LogP contribution in [0.1, 0.15) is 9.67 Å². The smallest absolute Gasteiger partial charge is 0.288 e. The second-order valence-corrected chi connectivity index (χ2v) is 7.03. The molecule has 3 aromatic rings. The van der Waals surface area contributed by atoms with E-state index in [4.69, 9.17) is 0 Å². The van der Waals surface area contributed by atoms with Crippen molar-refractivity contribution in [1.29, 1.82) is 0 Å². The third kappa shape index (κ3) is 3.94. The lowest BCUT2D eigenvalue weighted by atomic mass is 10.2. The van der Waals surface area contributed by atoms with E-state index in [1.54, 1.807) is 30.3 Å². The quantitative estimate of drug-likeness (QED) is 0.367.